The van der Waals surface area contributed by atoms with Gasteiger partial charge in [-0.05, 0) is 44.2 Å². The molecular formula is C22H20N4O4. The Hall–Kier alpha value is -3.94. The average Bonchev–Trinajstić information content (AvgIpc) is 3.44. The standard InChI is InChI=1S/C22H20N4O4/c1-13-5-4-6-16(11-13)20-24-22(30-26-20)14(2)23-21(27)19-12-18(25-29-19)15-7-9-17(28-3)10-8-15/h4-12,14H,1-3H3,(H,23,27). The molecule has 0 saturated heterocycles. The molecule has 0 aliphatic rings. The highest BCUT2D eigenvalue weighted by Gasteiger charge is 2.21. The quantitative estimate of drug-likeness (QED) is 0.514. The van der Waals surface area contributed by atoms with Crippen molar-refractivity contribution >= 4 is 5.91 Å². The monoisotopic (exact) mass is 404 g/mol. The molecule has 8 heteroatoms. The summed E-state index contributed by atoms with van der Waals surface area (Å²) in [7, 11) is 1.60. The summed E-state index contributed by atoms with van der Waals surface area (Å²) in [5, 5.41) is 10.8. The van der Waals surface area contributed by atoms with E-state index in [1.807, 2.05) is 55.5 Å². The first-order chi connectivity index (χ1) is 14.5. The molecule has 2 aromatic heterocycles. The summed E-state index contributed by atoms with van der Waals surface area (Å²) in [4.78, 5) is 16.9. The largest absolute Gasteiger partial charge is 0.497 e. The molecule has 4 rings (SSSR count). The number of amides is 1. The lowest BCUT2D eigenvalue weighted by Crippen LogP contribution is -2.26. The summed E-state index contributed by atoms with van der Waals surface area (Å²) in [6.45, 7) is 3.75. The second-order valence-electron chi connectivity index (χ2n) is 6.83. The van der Waals surface area contributed by atoms with Crippen LogP contribution < -0.4 is 10.1 Å². The Morgan fingerprint density at radius 3 is 2.57 bits per heavy atom. The third kappa shape index (κ3) is 4.07. The van der Waals surface area contributed by atoms with Crippen molar-refractivity contribution in [1.82, 2.24) is 20.6 Å². The second kappa shape index (κ2) is 8.20. The Morgan fingerprint density at radius 2 is 1.83 bits per heavy atom. The van der Waals surface area contributed by atoms with Gasteiger partial charge in [-0.25, -0.2) is 0 Å². The van der Waals surface area contributed by atoms with Crippen molar-refractivity contribution in [1.29, 1.82) is 0 Å². The zero-order valence-corrected chi connectivity index (χ0v) is 16.7. The highest BCUT2D eigenvalue weighted by Crippen LogP contribution is 2.23. The van der Waals surface area contributed by atoms with E-state index in [0.717, 1.165) is 22.4 Å². The van der Waals surface area contributed by atoms with Crippen LogP contribution in [0.15, 0.2) is 63.6 Å². The topological polar surface area (TPSA) is 103 Å². The third-order valence-corrected chi connectivity index (χ3v) is 4.56. The van der Waals surface area contributed by atoms with Crippen LogP contribution in [0.1, 0.15) is 35.0 Å². The Labute approximate surface area is 172 Å². The van der Waals surface area contributed by atoms with Crippen LogP contribution in [0.25, 0.3) is 22.6 Å². The number of nitrogens with zero attached hydrogens (tertiary/aromatic N) is 3. The number of hydrogen-bond donors (Lipinski definition) is 1. The average molecular weight is 404 g/mol. The van der Waals surface area contributed by atoms with Crippen LogP contribution in [0.2, 0.25) is 0 Å². The molecule has 30 heavy (non-hydrogen) atoms. The number of ether oxygens (including phenoxy) is 1. The summed E-state index contributed by atoms with van der Waals surface area (Å²) in [6.07, 6.45) is 0. The van der Waals surface area contributed by atoms with Gasteiger partial charge in [0.2, 0.25) is 17.5 Å². The summed E-state index contributed by atoms with van der Waals surface area (Å²) < 4.78 is 15.7. The van der Waals surface area contributed by atoms with Crippen molar-refractivity contribution in [3.63, 3.8) is 0 Å². The van der Waals surface area contributed by atoms with Gasteiger partial charge in [-0.2, -0.15) is 4.98 Å². The first-order valence-corrected chi connectivity index (χ1v) is 9.36. The third-order valence-electron chi connectivity index (χ3n) is 4.56. The van der Waals surface area contributed by atoms with E-state index in [1.165, 1.54) is 0 Å². The van der Waals surface area contributed by atoms with Crippen molar-refractivity contribution in [2.24, 2.45) is 0 Å². The molecule has 4 aromatic rings. The molecule has 152 valence electrons. The fourth-order valence-corrected chi connectivity index (χ4v) is 2.92. The molecule has 0 fully saturated rings. The van der Waals surface area contributed by atoms with Gasteiger partial charge in [0.25, 0.3) is 5.91 Å². The van der Waals surface area contributed by atoms with Gasteiger partial charge in [0, 0.05) is 17.2 Å². The number of hydrogen-bond acceptors (Lipinski definition) is 7. The van der Waals surface area contributed by atoms with Gasteiger partial charge in [-0.3, -0.25) is 4.79 Å². The summed E-state index contributed by atoms with van der Waals surface area (Å²) >= 11 is 0. The SMILES string of the molecule is COc1ccc(-c2cc(C(=O)NC(C)c3nc(-c4cccc(C)c4)no3)on2)cc1. The van der Waals surface area contributed by atoms with Gasteiger partial charge in [0.1, 0.15) is 17.5 Å². The molecule has 1 amide bonds. The van der Waals surface area contributed by atoms with E-state index >= 15 is 0 Å². The number of aromatic nitrogens is 3. The highest BCUT2D eigenvalue weighted by molar-refractivity contribution is 5.92. The molecule has 1 unspecified atom stereocenters. The van der Waals surface area contributed by atoms with Crippen molar-refractivity contribution in [3.05, 3.63) is 71.8 Å². The summed E-state index contributed by atoms with van der Waals surface area (Å²) in [5.74, 6) is 1.17. The first kappa shape index (κ1) is 19.4. The molecule has 2 heterocycles. The maximum atomic E-state index is 12.5. The number of methoxy groups -OCH3 is 1. The van der Waals surface area contributed by atoms with Gasteiger partial charge in [-0.1, -0.05) is 34.1 Å². The molecule has 0 bridgehead atoms. The molecule has 2 aromatic carbocycles. The van der Waals surface area contributed by atoms with Crippen molar-refractivity contribution in [2.75, 3.05) is 7.11 Å². The lowest BCUT2D eigenvalue weighted by molar-refractivity contribution is 0.0895. The van der Waals surface area contributed by atoms with E-state index in [1.54, 1.807) is 20.1 Å². The van der Waals surface area contributed by atoms with Crippen LogP contribution in [0.3, 0.4) is 0 Å². The van der Waals surface area contributed by atoms with Crippen molar-refractivity contribution < 1.29 is 18.6 Å². The van der Waals surface area contributed by atoms with Crippen LogP contribution in [-0.4, -0.2) is 28.3 Å². The predicted octanol–water partition coefficient (Wildman–Crippen LogP) is 4.20. The molecule has 0 spiro atoms. The van der Waals surface area contributed by atoms with Crippen LogP contribution in [0.5, 0.6) is 5.75 Å². The van der Waals surface area contributed by atoms with Crippen LogP contribution in [0.4, 0.5) is 0 Å². The Balaban J connectivity index is 1.44. The van der Waals surface area contributed by atoms with Gasteiger partial charge in [0.15, 0.2) is 0 Å². The normalized spacial score (nSPS) is 11.8. The minimum atomic E-state index is -0.502. The summed E-state index contributed by atoms with van der Waals surface area (Å²) in [5.41, 5.74) is 3.31. The second-order valence-corrected chi connectivity index (χ2v) is 6.83. The molecule has 8 nitrogen and oxygen atoms in total. The molecule has 0 aliphatic carbocycles. The number of benzene rings is 2. The lowest BCUT2D eigenvalue weighted by atomic mass is 10.1. The highest BCUT2D eigenvalue weighted by atomic mass is 16.5. The first-order valence-electron chi connectivity index (χ1n) is 9.36. The van der Waals surface area contributed by atoms with Crippen LogP contribution in [-0.2, 0) is 0 Å². The number of carbonyl (C=O) groups is 1. The summed E-state index contributed by atoms with van der Waals surface area (Å²) in [6, 6.07) is 16.2. The van der Waals surface area contributed by atoms with E-state index in [2.05, 4.69) is 20.6 Å². The zero-order chi connectivity index (χ0) is 21.1. The Bertz CT molecular complexity index is 1160. The maximum absolute atomic E-state index is 12.5. The van der Waals surface area contributed by atoms with Gasteiger partial charge in [-0.15, -0.1) is 0 Å². The van der Waals surface area contributed by atoms with Gasteiger partial charge >= 0.3 is 0 Å². The maximum Gasteiger partial charge on any atom is 0.290 e. The van der Waals surface area contributed by atoms with Gasteiger partial charge < -0.3 is 19.1 Å². The van der Waals surface area contributed by atoms with Crippen LogP contribution >= 0.6 is 0 Å². The Kier molecular flexibility index (Phi) is 5.30. The number of carbonyl (C=O) groups excluding carboxylic acids is 1. The number of nitrogens with one attached hydrogen (secondary N) is 1. The Morgan fingerprint density at radius 1 is 1.03 bits per heavy atom. The van der Waals surface area contributed by atoms with Crippen molar-refractivity contribution in [2.45, 2.75) is 19.9 Å². The van der Waals surface area contributed by atoms with Crippen LogP contribution in [0, 0.1) is 6.92 Å². The van der Waals surface area contributed by atoms with E-state index in [0.29, 0.717) is 17.4 Å². The van der Waals surface area contributed by atoms with Gasteiger partial charge in [0.05, 0.1) is 7.11 Å². The molecule has 1 atom stereocenters. The molecule has 0 saturated carbocycles. The predicted molar refractivity (Wildman–Crippen MR) is 109 cm³/mol. The molecular weight excluding hydrogens is 384 g/mol. The lowest BCUT2D eigenvalue weighted by Gasteiger charge is -2.07. The molecule has 0 aliphatic heterocycles. The number of aryl methyl sites for hydroxylation is 1. The van der Waals surface area contributed by atoms with Crippen molar-refractivity contribution in [3.8, 4) is 28.4 Å². The van der Waals surface area contributed by atoms with E-state index in [4.69, 9.17) is 13.8 Å². The number of rotatable bonds is 6. The molecule has 0 radical (unpaired) electrons. The minimum Gasteiger partial charge on any atom is -0.497 e. The minimum absolute atomic E-state index is 0.0890. The van der Waals surface area contributed by atoms with E-state index in [9.17, 15) is 4.79 Å². The molecule has 1 N–H and O–H groups in total. The fraction of sp³-hybridized carbons (Fsp3) is 0.182. The van der Waals surface area contributed by atoms with E-state index in [-0.39, 0.29) is 5.76 Å². The fourth-order valence-electron chi connectivity index (χ4n) is 2.92. The smallest absolute Gasteiger partial charge is 0.290 e. The zero-order valence-electron chi connectivity index (χ0n) is 16.7. The van der Waals surface area contributed by atoms with E-state index < -0.39 is 11.9 Å².